The molecule has 0 atom stereocenters. The number of piperazine rings is 1. The molecule has 220 valence electrons. The van der Waals surface area contributed by atoms with E-state index >= 15 is 0 Å². The van der Waals surface area contributed by atoms with Crippen LogP contribution in [0.15, 0.2) is 89.9 Å². The Labute approximate surface area is 250 Å². The summed E-state index contributed by atoms with van der Waals surface area (Å²) in [6, 6.07) is 25.0. The second-order valence-corrected chi connectivity index (χ2v) is 10.4. The number of nitrogens with one attached hydrogen (secondary N) is 1. The van der Waals surface area contributed by atoms with Crippen molar-refractivity contribution in [3.05, 3.63) is 102 Å². The van der Waals surface area contributed by atoms with E-state index in [1.165, 1.54) is 7.11 Å². The Bertz CT molecular complexity index is 1650. The predicted octanol–water partition coefficient (Wildman–Crippen LogP) is 3.74. The summed E-state index contributed by atoms with van der Waals surface area (Å²) in [5, 5.41) is 3.62. The van der Waals surface area contributed by atoms with Crippen molar-refractivity contribution in [2.45, 2.75) is 0 Å². The fourth-order valence-corrected chi connectivity index (χ4v) is 4.76. The number of ether oxygens (including phenoxy) is 1. The van der Waals surface area contributed by atoms with E-state index in [4.69, 9.17) is 9.73 Å². The Morgan fingerprint density at radius 2 is 1.63 bits per heavy atom. The van der Waals surface area contributed by atoms with Crippen molar-refractivity contribution < 1.29 is 19.1 Å². The lowest BCUT2D eigenvalue weighted by Crippen LogP contribution is -2.48. The molecule has 1 N–H and O–H groups in total. The van der Waals surface area contributed by atoms with Gasteiger partial charge in [0.2, 0.25) is 5.91 Å². The molecule has 1 aromatic heterocycles. The molecule has 1 aliphatic rings. The molecule has 2 heterocycles. The highest BCUT2D eigenvalue weighted by Gasteiger charge is 2.20. The van der Waals surface area contributed by atoms with Crippen LogP contribution in [0.5, 0.6) is 0 Å². The van der Waals surface area contributed by atoms with Crippen LogP contribution in [-0.4, -0.2) is 92.3 Å². The van der Waals surface area contributed by atoms with Gasteiger partial charge in [-0.3, -0.25) is 14.5 Å². The molecule has 0 saturated carbocycles. The van der Waals surface area contributed by atoms with Crippen molar-refractivity contribution in [2.75, 3.05) is 58.8 Å². The van der Waals surface area contributed by atoms with E-state index in [1.54, 1.807) is 42.3 Å². The number of carbonyl (C=O) groups is 3. The number of carbonyl (C=O) groups excluding carboxylic acids is 3. The third-order valence-electron chi connectivity index (χ3n) is 7.43. The van der Waals surface area contributed by atoms with Crippen LogP contribution in [-0.2, 0) is 9.53 Å². The maximum atomic E-state index is 13.3. The number of esters is 1. The summed E-state index contributed by atoms with van der Waals surface area (Å²) in [5.41, 5.74) is 3.29. The Hall–Kier alpha value is -4.93. The molecule has 10 heteroatoms. The zero-order valence-corrected chi connectivity index (χ0v) is 24.5. The summed E-state index contributed by atoms with van der Waals surface area (Å²) in [7, 11) is 5.20. The van der Waals surface area contributed by atoms with Crippen LogP contribution in [0, 0.1) is 0 Å². The fourth-order valence-electron chi connectivity index (χ4n) is 4.76. The molecule has 4 aromatic rings. The van der Waals surface area contributed by atoms with E-state index in [0.29, 0.717) is 34.5 Å². The Morgan fingerprint density at radius 3 is 2.33 bits per heavy atom. The van der Waals surface area contributed by atoms with Crippen molar-refractivity contribution in [1.29, 1.82) is 0 Å². The predicted molar refractivity (Wildman–Crippen MR) is 167 cm³/mol. The molecule has 10 nitrogen and oxygen atoms in total. The minimum absolute atomic E-state index is 0.0300. The topological polar surface area (TPSA) is 107 Å². The number of hydrogen-bond acceptors (Lipinski definition) is 8. The number of fused-ring (bicyclic) bond motifs is 1. The van der Waals surface area contributed by atoms with Crippen LogP contribution in [0.25, 0.3) is 10.9 Å². The molecule has 43 heavy (non-hydrogen) atoms. The van der Waals surface area contributed by atoms with Crippen molar-refractivity contribution >= 4 is 45.9 Å². The Balaban J connectivity index is 1.32. The highest BCUT2D eigenvalue weighted by Crippen LogP contribution is 2.21. The highest BCUT2D eigenvalue weighted by molar-refractivity contribution is 6.13. The number of benzene rings is 3. The Kier molecular flexibility index (Phi) is 9.19. The van der Waals surface area contributed by atoms with E-state index < -0.39 is 11.9 Å². The number of amidine groups is 1. The Morgan fingerprint density at radius 1 is 0.907 bits per heavy atom. The molecule has 1 saturated heterocycles. The quantitative estimate of drug-likeness (QED) is 0.202. The van der Waals surface area contributed by atoms with Gasteiger partial charge in [-0.05, 0) is 55.6 Å². The second kappa shape index (κ2) is 13.4. The van der Waals surface area contributed by atoms with Gasteiger partial charge in [0.1, 0.15) is 11.5 Å². The number of aliphatic imine (C=N–C) groups is 1. The third-order valence-corrected chi connectivity index (χ3v) is 7.43. The third kappa shape index (κ3) is 7.29. The molecule has 5 rings (SSSR count). The number of pyridine rings is 1. The zero-order chi connectivity index (χ0) is 30.3. The summed E-state index contributed by atoms with van der Waals surface area (Å²) in [6.45, 7) is 4.05. The number of rotatable bonds is 7. The number of methoxy groups -OCH3 is 1. The summed E-state index contributed by atoms with van der Waals surface area (Å²) in [6.07, 6.45) is 0. The first-order chi connectivity index (χ1) is 20.8. The normalized spacial score (nSPS) is 14.3. The van der Waals surface area contributed by atoms with Gasteiger partial charge < -0.3 is 19.9 Å². The van der Waals surface area contributed by atoms with Gasteiger partial charge in [-0.2, -0.15) is 0 Å². The SMILES string of the molecule is COC(=O)c1ccc2nc(C(=O)NC(=Nc3ccc(N(C)C(=O)CN4CCN(C)CC4)cc3)c3ccccc3)ccc2c1. The standard InChI is InChI=1S/C33H34N6O4/c1-37-17-19-39(20-18-37)22-30(40)38(2)27-13-11-26(12-14-27)34-31(23-7-5-4-6-8-23)36-32(41)29-16-9-24-21-25(33(42)43-3)10-15-28(24)35-29/h4-16,21H,17-20,22H2,1-3H3,(H,34,36,41). The zero-order valence-electron chi connectivity index (χ0n) is 24.5. The minimum Gasteiger partial charge on any atom is -0.465 e. The van der Waals surface area contributed by atoms with Gasteiger partial charge in [0.05, 0.1) is 30.4 Å². The van der Waals surface area contributed by atoms with Crippen molar-refractivity contribution in [3.63, 3.8) is 0 Å². The summed E-state index contributed by atoms with van der Waals surface area (Å²) in [4.78, 5) is 53.4. The van der Waals surface area contributed by atoms with Gasteiger partial charge in [-0.25, -0.2) is 14.8 Å². The molecule has 1 fully saturated rings. The van der Waals surface area contributed by atoms with Crippen LogP contribution in [0.2, 0.25) is 0 Å². The number of amides is 2. The number of hydrogen-bond donors (Lipinski definition) is 1. The van der Waals surface area contributed by atoms with Crippen LogP contribution < -0.4 is 10.2 Å². The van der Waals surface area contributed by atoms with E-state index in [1.807, 2.05) is 54.6 Å². The molecular weight excluding hydrogens is 544 g/mol. The fraction of sp³-hybridized carbons (Fsp3) is 0.242. The number of anilines is 1. The summed E-state index contributed by atoms with van der Waals surface area (Å²) >= 11 is 0. The summed E-state index contributed by atoms with van der Waals surface area (Å²) in [5.74, 6) is -0.472. The molecule has 0 bridgehead atoms. The highest BCUT2D eigenvalue weighted by atomic mass is 16.5. The second-order valence-electron chi connectivity index (χ2n) is 10.4. The molecule has 0 radical (unpaired) electrons. The molecule has 3 aromatic carbocycles. The molecular formula is C33H34N6O4. The van der Waals surface area contributed by atoms with Crippen molar-refractivity contribution in [1.82, 2.24) is 20.1 Å². The molecule has 0 aliphatic carbocycles. The molecule has 0 spiro atoms. The van der Waals surface area contributed by atoms with Gasteiger partial charge in [-0.15, -0.1) is 0 Å². The van der Waals surface area contributed by atoms with Gasteiger partial charge >= 0.3 is 5.97 Å². The van der Waals surface area contributed by atoms with Gasteiger partial charge in [0.25, 0.3) is 5.91 Å². The molecule has 2 amide bonds. The lowest BCUT2D eigenvalue weighted by atomic mass is 10.1. The number of nitrogens with zero attached hydrogens (tertiary/aromatic N) is 5. The van der Waals surface area contributed by atoms with Gasteiger partial charge in [-0.1, -0.05) is 36.4 Å². The van der Waals surface area contributed by atoms with E-state index in [0.717, 1.165) is 37.4 Å². The average molecular weight is 579 g/mol. The first-order valence-corrected chi connectivity index (χ1v) is 14.0. The lowest BCUT2D eigenvalue weighted by Gasteiger charge is -2.32. The van der Waals surface area contributed by atoms with E-state index in [9.17, 15) is 14.4 Å². The van der Waals surface area contributed by atoms with Crippen LogP contribution in [0.1, 0.15) is 26.4 Å². The van der Waals surface area contributed by atoms with Crippen LogP contribution >= 0.6 is 0 Å². The summed E-state index contributed by atoms with van der Waals surface area (Å²) < 4.78 is 4.78. The maximum absolute atomic E-state index is 13.3. The first kappa shape index (κ1) is 29.6. The molecule has 0 unspecified atom stereocenters. The van der Waals surface area contributed by atoms with Gasteiger partial charge in [0.15, 0.2) is 0 Å². The van der Waals surface area contributed by atoms with E-state index in [2.05, 4.69) is 27.1 Å². The van der Waals surface area contributed by atoms with Crippen LogP contribution in [0.4, 0.5) is 11.4 Å². The largest absolute Gasteiger partial charge is 0.465 e. The van der Waals surface area contributed by atoms with Crippen LogP contribution in [0.3, 0.4) is 0 Å². The number of likely N-dealkylation sites (N-methyl/N-ethyl adjacent to an activating group) is 2. The minimum atomic E-state index is -0.440. The monoisotopic (exact) mass is 578 g/mol. The van der Waals surface area contributed by atoms with Crippen molar-refractivity contribution in [2.24, 2.45) is 4.99 Å². The average Bonchev–Trinajstić information content (AvgIpc) is 3.05. The van der Waals surface area contributed by atoms with Crippen molar-refractivity contribution in [3.8, 4) is 0 Å². The van der Waals surface area contributed by atoms with Gasteiger partial charge in [0, 0.05) is 49.9 Å². The number of aromatic nitrogens is 1. The lowest BCUT2D eigenvalue weighted by molar-refractivity contribution is -0.119. The smallest absolute Gasteiger partial charge is 0.337 e. The molecule has 1 aliphatic heterocycles. The maximum Gasteiger partial charge on any atom is 0.337 e. The van der Waals surface area contributed by atoms with E-state index in [-0.39, 0.29) is 11.6 Å². The first-order valence-electron chi connectivity index (χ1n) is 14.0.